The smallest absolute Gasteiger partial charge is 0.0205 e. The highest BCUT2D eigenvalue weighted by Crippen LogP contribution is 2.41. The van der Waals surface area contributed by atoms with E-state index in [0.29, 0.717) is 0 Å². The van der Waals surface area contributed by atoms with Crippen molar-refractivity contribution in [3.05, 3.63) is 12.2 Å². The molecule has 2 fully saturated rings. The van der Waals surface area contributed by atoms with Crippen LogP contribution in [0.15, 0.2) is 12.2 Å². The normalized spacial score (nSPS) is 34.1. The van der Waals surface area contributed by atoms with Gasteiger partial charge in [-0.15, -0.1) is 0 Å². The third-order valence-electron chi connectivity index (χ3n) is 9.57. The lowest BCUT2D eigenvalue weighted by Crippen LogP contribution is -2.23. The lowest BCUT2D eigenvalue weighted by molar-refractivity contribution is 0.199. The monoisotopic (exact) mass is 428 g/mol. The average Bonchev–Trinajstić information content (AvgIpc) is 2.82. The third kappa shape index (κ3) is 9.25. The van der Waals surface area contributed by atoms with Crippen LogP contribution in [-0.4, -0.2) is 0 Å². The Balaban J connectivity index is 1.24. The molecule has 31 heavy (non-hydrogen) atoms. The van der Waals surface area contributed by atoms with Crippen LogP contribution in [-0.2, 0) is 0 Å². The molecule has 0 heterocycles. The quantitative estimate of drug-likeness (QED) is 0.202. The van der Waals surface area contributed by atoms with Gasteiger partial charge >= 0.3 is 0 Å². The Hall–Kier alpha value is -0.260. The molecule has 180 valence electrons. The van der Waals surface area contributed by atoms with Crippen LogP contribution in [0.4, 0.5) is 0 Å². The van der Waals surface area contributed by atoms with Crippen LogP contribution in [0.3, 0.4) is 0 Å². The minimum absolute atomic E-state index is 0.911. The van der Waals surface area contributed by atoms with E-state index in [-0.39, 0.29) is 0 Å². The highest BCUT2D eigenvalue weighted by atomic mass is 14.3. The number of rotatable bonds is 13. The van der Waals surface area contributed by atoms with Crippen molar-refractivity contribution < 1.29 is 0 Å². The fraction of sp³-hybridized carbons (Fsp3) is 0.935. The minimum Gasteiger partial charge on any atom is -0.0851 e. The standard InChI is InChI=1S/C31H56/c1-3-5-6-7-8-9-11-27-18-22-30(23-19-27)31-24-20-29(21-25-31)17-16-28-14-12-26(10-4-2)13-15-28/h20,24,26-31H,3-19,21-23,25H2,1-2H3. The van der Waals surface area contributed by atoms with Crippen LogP contribution >= 0.6 is 0 Å². The summed E-state index contributed by atoms with van der Waals surface area (Å²) in [6.45, 7) is 4.68. The first kappa shape index (κ1) is 25.4. The van der Waals surface area contributed by atoms with E-state index in [1.807, 2.05) is 0 Å². The maximum absolute atomic E-state index is 2.69. The summed E-state index contributed by atoms with van der Waals surface area (Å²) >= 11 is 0. The zero-order chi connectivity index (χ0) is 21.7. The molecule has 0 saturated heterocycles. The van der Waals surface area contributed by atoms with E-state index in [0.717, 1.165) is 35.5 Å². The van der Waals surface area contributed by atoms with Gasteiger partial charge in [-0.3, -0.25) is 0 Å². The first-order chi connectivity index (χ1) is 15.3. The molecule has 0 spiro atoms. The molecule has 0 nitrogen and oxygen atoms in total. The zero-order valence-corrected chi connectivity index (χ0v) is 21.5. The fourth-order valence-electron chi connectivity index (χ4n) is 7.32. The second kappa shape index (κ2) is 14.8. The van der Waals surface area contributed by atoms with Gasteiger partial charge in [0.1, 0.15) is 0 Å². The highest BCUT2D eigenvalue weighted by Gasteiger charge is 2.28. The molecule has 0 heteroatoms. The molecule has 3 aliphatic carbocycles. The Morgan fingerprint density at radius 3 is 1.74 bits per heavy atom. The number of allylic oxidation sites excluding steroid dienone is 2. The van der Waals surface area contributed by atoms with E-state index in [2.05, 4.69) is 26.0 Å². The first-order valence-corrected chi connectivity index (χ1v) is 15.0. The van der Waals surface area contributed by atoms with Gasteiger partial charge in [-0.25, -0.2) is 0 Å². The molecular formula is C31H56. The fourth-order valence-corrected chi connectivity index (χ4v) is 7.32. The number of hydrogen-bond donors (Lipinski definition) is 0. The Kier molecular flexibility index (Phi) is 12.1. The lowest BCUT2D eigenvalue weighted by atomic mass is 9.70. The predicted molar refractivity (Wildman–Crippen MR) is 138 cm³/mol. The summed E-state index contributed by atoms with van der Waals surface area (Å²) in [5, 5.41) is 0. The molecule has 0 aromatic rings. The van der Waals surface area contributed by atoms with Gasteiger partial charge in [0.2, 0.25) is 0 Å². The van der Waals surface area contributed by atoms with Crippen LogP contribution in [0.2, 0.25) is 0 Å². The Morgan fingerprint density at radius 2 is 1.10 bits per heavy atom. The largest absolute Gasteiger partial charge is 0.0851 e. The average molecular weight is 429 g/mol. The molecule has 0 amide bonds. The van der Waals surface area contributed by atoms with Crippen LogP contribution in [0.25, 0.3) is 0 Å². The van der Waals surface area contributed by atoms with Gasteiger partial charge in [-0.05, 0) is 74.0 Å². The molecule has 0 aliphatic heterocycles. The maximum atomic E-state index is 2.69. The SMILES string of the molecule is CCCCCCCCC1CCC(C2C=CC(CCC3CCC(CCC)CC3)CC2)CC1. The summed E-state index contributed by atoms with van der Waals surface area (Å²) in [5.74, 6) is 6.05. The van der Waals surface area contributed by atoms with Crippen LogP contribution in [0.1, 0.15) is 149 Å². The Labute approximate surface area is 196 Å². The van der Waals surface area contributed by atoms with Crippen molar-refractivity contribution in [2.24, 2.45) is 35.5 Å². The molecular weight excluding hydrogens is 372 g/mol. The van der Waals surface area contributed by atoms with Crippen molar-refractivity contribution in [2.45, 2.75) is 149 Å². The third-order valence-corrected chi connectivity index (χ3v) is 9.57. The summed E-state index contributed by atoms with van der Waals surface area (Å²) in [5.41, 5.74) is 0. The summed E-state index contributed by atoms with van der Waals surface area (Å²) in [6.07, 6.45) is 36.8. The van der Waals surface area contributed by atoms with Crippen molar-refractivity contribution >= 4 is 0 Å². The van der Waals surface area contributed by atoms with Gasteiger partial charge in [-0.2, -0.15) is 0 Å². The van der Waals surface area contributed by atoms with E-state index in [9.17, 15) is 0 Å². The topological polar surface area (TPSA) is 0 Å². The molecule has 0 N–H and O–H groups in total. The van der Waals surface area contributed by atoms with E-state index < -0.39 is 0 Å². The number of unbranched alkanes of at least 4 members (excludes halogenated alkanes) is 5. The zero-order valence-electron chi connectivity index (χ0n) is 21.5. The second-order valence-electron chi connectivity index (χ2n) is 12.0. The predicted octanol–water partition coefficient (Wildman–Crippen LogP) is 10.5. The molecule has 0 aromatic heterocycles. The summed E-state index contributed by atoms with van der Waals surface area (Å²) in [6, 6.07) is 0. The highest BCUT2D eigenvalue weighted by molar-refractivity contribution is 5.01. The molecule has 3 aliphatic rings. The summed E-state index contributed by atoms with van der Waals surface area (Å²) in [7, 11) is 0. The molecule has 0 aromatic carbocycles. The van der Waals surface area contributed by atoms with E-state index in [4.69, 9.17) is 0 Å². The van der Waals surface area contributed by atoms with Crippen molar-refractivity contribution in [3.8, 4) is 0 Å². The Bertz CT molecular complexity index is 460. The molecule has 0 bridgehead atoms. The van der Waals surface area contributed by atoms with Crippen molar-refractivity contribution in [2.75, 3.05) is 0 Å². The maximum Gasteiger partial charge on any atom is -0.0205 e. The Morgan fingerprint density at radius 1 is 0.484 bits per heavy atom. The van der Waals surface area contributed by atoms with Crippen molar-refractivity contribution in [3.63, 3.8) is 0 Å². The van der Waals surface area contributed by atoms with Gasteiger partial charge in [-0.1, -0.05) is 122 Å². The summed E-state index contributed by atoms with van der Waals surface area (Å²) in [4.78, 5) is 0. The first-order valence-electron chi connectivity index (χ1n) is 15.0. The van der Waals surface area contributed by atoms with E-state index >= 15 is 0 Å². The van der Waals surface area contributed by atoms with Gasteiger partial charge in [0, 0.05) is 0 Å². The minimum atomic E-state index is 0.911. The van der Waals surface area contributed by atoms with Crippen LogP contribution < -0.4 is 0 Å². The molecule has 3 rings (SSSR count). The van der Waals surface area contributed by atoms with Crippen LogP contribution in [0.5, 0.6) is 0 Å². The van der Waals surface area contributed by atoms with Gasteiger partial charge < -0.3 is 0 Å². The molecule has 2 saturated carbocycles. The molecule has 2 unspecified atom stereocenters. The van der Waals surface area contributed by atoms with Gasteiger partial charge in [0.15, 0.2) is 0 Å². The van der Waals surface area contributed by atoms with Crippen LogP contribution in [0, 0.1) is 35.5 Å². The number of hydrogen-bond acceptors (Lipinski definition) is 0. The van der Waals surface area contributed by atoms with Gasteiger partial charge in [0.05, 0.1) is 0 Å². The van der Waals surface area contributed by atoms with Crippen molar-refractivity contribution in [1.29, 1.82) is 0 Å². The summed E-state index contributed by atoms with van der Waals surface area (Å²) < 4.78 is 0. The van der Waals surface area contributed by atoms with E-state index in [1.165, 1.54) is 135 Å². The van der Waals surface area contributed by atoms with Gasteiger partial charge in [0.25, 0.3) is 0 Å². The molecule has 2 atom stereocenters. The lowest BCUT2D eigenvalue weighted by Gasteiger charge is -2.35. The van der Waals surface area contributed by atoms with E-state index in [1.54, 1.807) is 0 Å². The van der Waals surface area contributed by atoms with Crippen molar-refractivity contribution in [1.82, 2.24) is 0 Å². The molecule has 0 radical (unpaired) electrons. The second-order valence-corrected chi connectivity index (χ2v) is 12.0.